The predicted octanol–water partition coefficient (Wildman–Crippen LogP) is 1.66. The number of benzene rings is 1. The highest BCUT2D eigenvalue weighted by atomic mass is 16.3. The first-order valence-electron chi connectivity index (χ1n) is 7.94. The van der Waals surface area contributed by atoms with Gasteiger partial charge in [0.25, 0.3) is 0 Å². The molecule has 122 valence electrons. The zero-order chi connectivity index (χ0) is 15.9. The molecule has 0 aliphatic carbocycles. The van der Waals surface area contributed by atoms with Crippen LogP contribution < -0.4 is 5.32 Å². The van der Waals surface area contributed by atoms with E-state index in [0.717, 1.165) is 38.0 Å². The standard InChI is InChI=1S/C17H27N3O2/c1-19(2)12-15-5-3-14(4-6-15)11-18-17(22)20-9-7-16(13-21)8-10-20/h3-6,16,21H,7-13H2,1-2H3,(H,18,22). The molecule has 1 aliphatic rings. The van der Waals surface area contributed by atoms with Gasteiger partial charge in [0.15, 0.2) is 0 Å². The third-order valence-electron chi connectivity index (χ3n) is 4.13. The summed E-state index contributed by atoms with van der Waals surface area (Å²) in [5, 5.41) is 12.1. The number of aliphatic hydroxyl groups excluding tert-OH is 1. The Morgan fingerprint density at radius 1 is 1.23 bits per heavy atom. The molecule has 1 saturated heterocycles. The van der Waals surface area contributed by atoms with Crippen molar-refractivity contribution < 1.29 is 9.90 Å². The lowest BCUT2D eigenvalue weighted by molar-refractivity contribution is 0.137. The van der Waals surface area contributed by atoms with Crippen LogP contribution >= 0.6 is 0 Å². The average molecular weight is 305 g/mol. The molecule has 1 aliphatic heterocycles. The molecule has 0 aromatic heterocycles. The summed E-state index contributed by atoms with van der Waals surface area (Å²) in [5.41, 5.74) is 2.38. The minimum absolute atomic E-state index is 0.00578. The maximum absolute atomic E-state index is 12.1. The number of likely N-dealkylation sites (tertiary alicyclic amines) is 1. The van der Waals surface area contributed by atoms with Crippen molar-refractivity contribution >= 4 is 6.03 Å². The fraction of sp³-hybridized carbons (Fsp3) is 0.588. The first kappa shape index (κ1) is 16.8. The molecule has 5 nitrogen and oxygen atoms in total. The molecule has 0 radical (unpaired) electrons. The van der Waals surface area contributed by atoms with E-state index in [4.69, 9.17) is 5.11 Å². The van der Waals surface area contributed by atoms with Gasteiger partial charge < -0.3 is 20.2 Å². The molecular formula is C17H27N3O2. The third-order valence-corrected chi connectivity index (χ3v) is 4.13. The number of aliphatic hydroxyl groups is 1. The van der Waals surface area contributed by atoms with Gasteiger partial charge in [0.1, 0.15) is 0 Å². The molecule has 1 fully saturated rings. The van der Waals surface area contributed by atoms with Crippen molar-refractivity contribution in [3.63, 3.8) is 0 Å². The number of urea groups is 1. The molecule has 2 rings (SSSR count). The third kappa shape index (κ3) is 5.00. The maximum atomic E-state index is 12.1. The Balaban J connectivity index is 1.76. The van der Waals surface area contributed by atoms with Crippen molar-refractivity contribution in [2.24, 2.45) is 5.92 Å². The number of rotatable bonds is 5. The lowest BCUT2D eigenvalue weighted by Gasteiger charge is -2.31. The number of hydrogen-bond acceptors (Lipinski definition) is 3. The summed E-state index contributed by atoms with van der Waals surface area (Å²) < 4.78 is 0. The zero-order valence-electron chi connectivity index (χ0n) is 13.6. The van der Waals surface area contributed by atoms with Crippen molar-refractivity contribution in [1.29, 1.82) is 0 Å². The number of carbonyl (C=O) groups is 1. The number of hydrogen-bond donors (Lipinski definition) is 2. The van der Waals surface area contributed by atoms with Gasteiger partial charge in [-0.1, -0.05) is 24.3 Å². The van der Waals surface area contributed by atoms with Crippen LogP contribution in [0.2, 0.25) is 0 Å². The quantitative estimate of drug-likeness (QED) is 0.870. The molecular weight excluding hydrogens is 278 g/mol. The van der Waals surface area contributed by atoms with E-state index in [2.05, 4.69) is 34.5 Å². The highest BCUT2D eigenvalue weighted by Crippen LogP contribution is 2.16. The van der Waals surface area contributed by atoms with E-state index in [1.54, 1.807) is 0 Å². The summed E-state index contributed by atoms with van der Waals surface area (Å²) in [6.45, 7) is 3.18. The van der Waals surface area contributed by atoms with Crippen LogP contribution in [0.3, 0.4) is 0 Å². The molecule has 2 amide bonds. The smallest absolute Gasteiger partial charge is 0.317 e. The van der Waals surface area contributed by atoms with Gasteiger partial charge in [-0.05, 0) is 44.0 Å². The van der Waals surface area contributed by atoms with Gasteiger partial charge in [-0.3, -0.25) is 0 Å². The topological polar surface area (TPSA) is 55.8 Å². The van der Waals surface area contributed by atoms with E-state index in [9.17, 15) is 4.79 Å². The molecule has 0 bridgehead atoms. The first-order valence-corrected chi connectivity index (χ1v) is 7.94. The van der Waals surface area contributed by atoms with Crippen LogP contribution in [0.25, 0.3) is 0 Å². The minimum Gasteiger partial charge on any atom is -0.396 e. The SMILES string of the molecule is CN(C)Cc1ccc(CNC(=O)N2CCC(CO)CC2)cc1. The van der Waals surface area contributed by atoms with E-state index >= 15 is 0 Å². The number of nitrogens with one attached hydrogen (secondary N) is 1. The average Bonchev–Trinajstić information content (AvgIpc) is 2.53. The Hall–Kier alpha value is -1.59. The lowest BCUT2D eigenvalue weighted by Crippen LogP contribution is -2.44. The normalized spacial score (nSPS) is 16.1. The fourth-order valence-corrected chi connectivity index (χ4v) is 2.74. The Morgan fingerprint density at radius 3 is 2.36 bits per heavy atom. The molecule has 0 atom stereocenters. The predicted molar refractivity (Wildman–Crippen MR) is 87.5 cm³/mol. The van der Waals surface area contributed by atoms with Crippen molar-refractivity contribution in [3.8, 4) is 0 Å². The van der Waals surface area contributed by atoms with Crippen LogP contribution in [0.15, 0.2) is 24.3 Å². The van der Waals surface area contributed by atoms with E-state index in [1.807, 2.05) is 19.0 Å². The number of nitrogens with zero attached hydrogens (tertiary/aromatic N) is 2. The second-order valence-electron chi connectivity index (χ2n) is 6.33. The molecule has 2 N–H and O–H groups in total. The fourth-order valence-electron chi connectivity index (χ4n) is 2.74. The minimum atomic E-state index is -0.00578. The Labute approximate surface area is 132 Å². The van der Waals surface area contributed by atoms with Crippen molar-refractivity contribution in [1.82, 2.24) is 15.1 Å². The second kappa shape index (κ2) is 8.15. The molecule has 1 heterocycles. The Morgan fingerprint density at radius 2 is 1.82 bits per heavy atom. The summed E-state index contributed by atoms with van der Waals surface area (Å²) in [6, 6.07) is 8.34. The van der Waals surface area contributed by atoms with Crippen molar-refractivity contribution in [2.45, 2.75) is 25.9 Å². The van der Waals surface area contributed by atoms with Crippen LogP contribution in [0, 0.1) is 5.92 Å². The summed E-state index contributed by atoms with van der Waals surface area (Å²) in [5.74, 6) is 0.355. The zero-order valence-corrected chi connectivity index (χ0v) is 13.6. The van der Waals surface area contributed by atoms with Crippen LogP contribution in [0.4, 0.5) is 4.79 Å². The van der Waals surface area contributed by atoms with E-state index in [0.29, 0.717) is 12.5 Å². The molecule has 0 unspecified atom stereocenters. The van der Waals surface area contributed by atoms with Crippen LogP contribution in [0.5, 0.6) is 0 Å². The van der Waals surface area contributed by atoms with Gasteiger partial charge in [0, 0.05) is 32.8 Å². The molecule has 0 saturated carbocycles. The number of piperidine rings is 1. The lowest BCUT2D eigenvalue weighted by atomic mass is 9.98. The van der Waals surface area contributed by atoms with Gasteiger partial charge in [0.2, 0.25) is 0 Å². The van der Waals surface area contributed by atoms with Crippen LogP contribution in [0.1, 0.15) is 24.0 Å². The van der Waals surface area contributed by atoms with Crippen molar-refractivity contribution in [2.75, 3.05) is 33.8 Å². The van der Waals surface area contributed by atoms with E-state index < -0.39 is 0 Å². The highest BCUT2D eigenvalue weighted by Gasteiger charge is 2.21. The van der Waals surface area contributed by atoms with Gasteiger partial charge in [-0.15, -0.1) is 0 Å². The van der Waals surface area contributed by atoms with Crippen LogP contribution in [-0.4, -0.2) is 54.7 Å². The van der Waals surface area contributed by atoms with Gasteiger partial charge in [-0.2, -0.15) is 0 Å². The first-order chi connectivity index (χ1) is 10.6. The molecule has 22 heavy (non-hydrogen) atoms. The Bertz CT molecular complexity index is 465. The molecule has 1 aromatic rings. The van der Waals surface area contributed by atoms with Gasteiger partial charge >= 0.3 is 6.03 Å². The number of amides is 2. The monoisotopic (exact) mass is 305 g/mol. The highest BCUT2D eigenvalue weighted by molar-refractivity contribution is 5.74. The summed E-state index contributed by atoms with van der Waals surface area (Å²) in [6.07, 6.45) is 1.78. The second-order valence-corrected chi connectivity index (χ2v) is 6.33. The molecule has 5 heteroatoms. The van der Waals surface area contributed by atoms with Gasteiger partial charge in [-0.25, -0.2) is 4.79 Å². The summed E-state index contributed by atoms with van der Waals surface area (Å²) in [7, 11) is 4.10. The summed E-state index contributed by atoms with van der Waals surface area (Å²) >= 11 is 0. The van der Waals surface area contributed by atoms with E-state index in [1.165, 1.54) is 5.56 Å². The largest absolute Gasteiger partial charge is 0.396 e. The number of carbonyl (C=O) groups excluding carboxylic acids is 1. The van der Waals surface area contributed by atoms with Crippen molar-refractivity contribution in [3.05, 3.63) is 35.4 Å². The molecule has 1 aromatic carbocycles. The van der Waals surface area contributed by atoms with E-state index in [-0.39, 0.29) is 12.6 Å². The maximum Gasteiger partial charge on any atom is 0.317 e. The summed E-state index contributed by atoms with van der Waals surface area (Å²) in [4.78, 5) is 16.1. The van der Waals surface area contributed by atoms with Gasteiger partial charge in [0.05, 0.1) is 0 Å². The van der Waals surface area contributed by atoms with Crippen LogP contribution in [-0.2, 0) is 13.1 Å². The Kier molecular flexibility index (Phi) is 6.21. The molecule has 0 spiro atoms.